The van der Waals surface area contributed by atoms with Gasteiger partial charge in [-0.2, -0.15) is 13.2 Å². The molecule has 1 fully saturated rings. The number of alkyl halides is 3. The summed E-state index contributed by atoms with van der Waals surface area (Å²) in [5, 5.41) is 3.28. The minimum atomic E-state index is -4.52. The molecule has 1 atom stereocenters. The number of aromatic nitrogens is 2. The van der Waals surface area contributed by atoms with Gasteiger partial charge in [-0.05, 0) is 42.7 Å². The molecule has 0 bridgehead atoms. The largest absolute Gasteiger partial charge is 0.416 e. The van der Waals surface area contributed by atoms with E-state index in [1.807, 2.05) is 0 Å². The van der Waals surface area contributed by atoms with Crippen molar-refractivity contribution in [3.8, 4) is 0 Å². The summed E-state index contributed by atoms with van der Waals surface area (Å²) in [4.78, 5) is 45.7. The number of hydrogen-bond acceptors (Lipinski definition) is 4. The number of nitrogens with one attached hydrogen (secondary N) is 2. The van der Waals surface area contributed by atoms with Gasteiger partial charge in [0.15, 0.2) is 0 Å². The van der Waals surface area contributed by atoms with Gasteiger partial charge in [0.25, 0.3) is 5.56 Å². The fourth-order valence-electron chi connectivity index (χ4n) is 4.22. The van der Waals surface area contributed by atoms with E-state index in [1.165, 1.54) is 12.1 Å². The number of likely N-dealkylation sites (tertiary alicyclic amines) is 1. The van der Waals surface area contributed by atoms with Gasteiger partial charge in [0.2, 0.25) is 11.8 Å². The average Bonchev–Trinajstić information content (AvgIpc) is 3.22. The second-order valence-corrected chi connectivity index (χ2v) is 8.57. The summed E-state index contributed by atoms with van der Waals surface area (Å²) in [5.41, 5.74) is -0.215. The first-order chi connectivity index (χ1) is 16.7. The van der Waals surface area contributed by atoms with Gasteiger partial charge in [0.1, 0.15) is 5.82 Å². The van der Waals surface area contributed by atoms with Gasteiger partial charge in [-0.1, -0.05) is 24.3 Å². The van der Waals surface area contributed by atoms with Crippen molar-refractivity contribution in [3.63, 3.8) is 0 Å². The van der Waals surface area contributed by atoms with Crippen LogP contribution in [-0.4, -0.2) is 39.8 Å². The average molecular weight is 486 g/mol. The number of para-hydroxylation sites is 1. The number of halogens is 3. The molecule has 0 aliphatic carbocycles. The van der Waals surface area contributed by atoms with Crippen LogP contribution in [0.1, 0.15) is 48.7 Å². The molecule has 1 aliphatic heterocycles. The van der Waals surface area contributed by atoms with Gasteiger partial charge in [0.05, 0.1) is 22.5 Å². The van der Waals surface area contributed by atoms with Gasteiger partial charge < -0.3 is 15.2 Å². The Bertz CT molecular complexity index is 1290. The van der Waals surface area contributed by atoms with Crippen molar-refractivity contribution in [2.24, 2.45) is 0 Å². The van der Waals surface area contributed by atoms with Gasteiger partial charge in [0, 0.05) is 32.4 Å². The van der Waals surface area contributed by atoms with Crippen LogP contribution in [-0.2, 0) is 22.2 Å². The molecule has 1 saturated heterocycles. The number of carbonyl (C=O) groups excluding carboxylic acids is 2. The van der Waals surface area contributed by atoms with Crippen LogP contribution >= 0.6 is 0 Å². The Kier molecular flexibility index (Phi) is 7.18. The van der Waals surface area contributed by atoms with Gasteiger partial charge in [-0.25, -0.2) is 4.98 Å². The SMILES string of the molecule is O=C(CCCc1nc2ccccc2c(=O)[nH]1)NC(CN1CCCC1=O)c1cccc(C(F)(F)F)c1. The molecule has 7 nitrogen and oxygen atoms in total. The Morgan fingerprint density at radius 3 is 2.69 bits per heavy atom. The van der Waals surface area contributed by atoms with Crippen molar-refractivity contribution in [2.45, 2.75) is 44.3 Å². The maximum Gasteiger partial charge on any atom is 0.416 e. The third-order valence-electron chi connectivity index (χ3n) is 6.01. The van der Waals surface area contributed by atoms with Crippen molar-refractivity contribution < 1.29 is 22.8 Å². The summed E-state index contributed by atoms with van der Waals surface area (Å²) in [6.07, 6.45) is -2.63. The van der Waals surface area contributed by atoms with E-state index >= 15 is 0 Å². The monoisotopic (exact) mass is 486 g/mol. The maximum atomic E-state index is 13.2. The fourth-order valence-corrected chi connectivity index (χ4v) is 4.22. The molecule has 0 radical (unpaired) electrons. The normalized spacial score (nSPS) is 14.9. The lowest BCUT2D eigenvalue weighted by Gasteiger charge is -2.26. The second kappa shape index (κ2) is 10.3. The lowest BCUT2D eigenvalue weighted by Crippen LogP contribution is -2.38. The van der Waals surface area contributed by atoms with E-state index in [9.17, 15) is 27.6 Å². The number of carbonyl (C=O) groups is 2. The predicted molar refractivity (Wildman–Crippen MR) is 123 cm³/mol. The number of aromatic amines is 1. The highest BCUT2D eigenvalue weighted by molar-refractivity contribution is 5.79. The molecule has 2 N–H and O–H groups in total. The predicted octanol–water partition coefficient (Wildman–Crippen LogP) is 3.74. The third-order valence-corrected chi connectivity index (χ3v) is 6.01. The first kappa shape index (κ1) is 24.4. The van der Waals surface area contributed by atoms with Gasteiger partial charge in [-0.3, -0.25) is 14.4 Å². The molecule has 3 aromatic rings. The first-order valence-corrected chi connectivity index (χ1v) is 11.4. The van der Waals surface area contributed by atoms with Crippen LogP contribution in [0.2, 0.25) is 0 Å². The van der Waals surface area contributed by atoms with E-state index in [-0.39, 0.29) is 35.9 Å². The molecule has 4 rings (SSSR count). The lowest BCUT2D eigenvalue weighted by atomic mass is 10.0. The van der Waals surface area contributed by atoms with E-state index in [4.69, 9.17) is 0 Å². The number of aryl methyl sites for hydroxylation is 1. The lowest BCUT2D eigenvalue weighted by molar-refractivity contribution is -0.137. The minimum Gasteiger partial charge on any atom is -0.348 e. The number of nitrogens with zero attached hydrogens (tertiary/aromatic N) is 2. The summed E-state index contributed by atoms with van der Waals surface area (Å²) in [6, 6.07) is 11.0. The number of fused-ring (bicyclic) bond motifs is 1. The Hall–Kier alpha value is -3.69. The van der Waals surface area contributed by atoms with Crippen LogP contribution < -0.4 is 10.9 Å². The van der Waals surface area contributed by atoms with E-state index in [2.05, 4.69) is 15.3 Å². The number of rotatable bonds is 8. The van der Waals surface area contributed by atoms with Crippen molar-refractivity contribution in [2.75, 3.05) is 13.1 Å². The third kappa shape index (κ3) is 6.06. The molecule has 0 spiro atoms. The molecular formula is C25H25F3N4O3. The number of benzene rings is 2. The smallest absolute Gasteiger partial charge is 0.348 e. The molecule has 184 valence electrons. The first-order valence-electron chi connectivity index (χ1n) is 11.4. The fraction of sp³-hybridized carbons (Fsp3) is 0.360. The number of H-pyrrole nitrogens is 1. The van der Waals surface area contributed by atoms with Crippen molar-refractivity contribution in [1.82, 2.24) is 20.2 Å². The molecule has 1 aromatic heterocycles. The topological polar surface area (TPSA) is 95.2 Å². The van der Waals surface area contributed by atoms with Crippen LogP contribution in [0.4, 0.5) is 13.2 Å². The van der Waals surface area contributed by atoms with Crippen molar-refractivity contribution >= 4 is 22.7 Å². The molecule has 2 aromatic carbocycles. The Morgan fingerprint density at radius 1 is 1.14 bits per heavy atom. The minimum absolute atomic E-state index is 0.0810. The van der Waals surface area contributed by atoms with Crippen LogP contribution in [0, 0.1) is 0 Å². The van der Waals surface area contributed by atoms with Crippen LogP contribution in [0.3, 0.4) is 0 Å². The van der Waals surface area contributed by atoms with Crippen molar-refractivity contribution in [1.29, 1.82) is 0 Å². The van der Waals surface area contributed by atoms with Crippen molar-refractivity contribution in [3.05, 3.63) is 75.8 Å². The van der Waals surface area contributed by atoms with E-state index in [1.54, 1.807) is 29.2 Å². The number of amides is 2. The Balaban J connectivity index is 1.43. The highest BCUT2D eigenvalue weighted by atomic mass is 19.4. The molecule has 35 heavy (non-hydrogen) atoms. The standard InChI is InChI=1S/C25H25F3N4O3/c26-25(27,28)17-7-3-6-16(14-17)20(15-32-13-5-12-23(32)34)30-22(33)11-4-10-21-29-19-9-2-1-8-18(19)24(35)31-21/h1-3,6-9,14,20H,4-5,10-13,15H2,(H,30,33)(H,29,31,35). The van der Waals surface area contributed by atoms with E-state index in [0.29, 0.717) is 49.0 Å². The maximum absolute atomic E-state index is 13.2. The van der Waals surface area contributed by atoms with Crippen LogP contribution in [0.15, 0.2) is 53.3 Å². The molecule has 0 saturated carbocycles. The quantitative estimate of drug-likeness (QED) is 0.507. The molecule has 1 unspecified atom stereocenters. The zero-order valence-electron chi connectivity index (χ0n) is 18.9. The molecule has 1 aliphatic rings. The zero-order chi connectivity index (χ0) is 25.0. The molecule has 2 heterocycles. The Labute approximate surface area is 199 Å². The van der Waals surface area contributed by atoms with E-state index in [0.717, 1.165) is 12.1 Å². The summed E-state index contributed by atoms with van der Waals surface area (Å²) in [6.45, 7) is 0.608. The Morgan fingerprint density at radius 2 is 1.94 bits per heavy atom. The summed E-state index contributed by atoms with van der Waals surface area (Å²) in [7, 11) is 0. The molecular weight excluding hydrogens is 461 g/mol. The summed E-state index contributed by atoms with van der Waals surface area (Å²) < 4.78 is 39.7. The zero-order valence-corrected chi connectivity index (χ0v) is 18.9. The highest BCUT2D eigenvalue weighted by Gasteiger charge is 2.32. The second-order valence-electron chi connectivity index (χ2n) is 8.57. The highest BCUT2D eigenvalue weighted by Crippen LogP contribution is 2.31. The summed E-state index contributed by atoms with van der Waals surface area (Å²) >= 11 is 0. The summed E-state index contributed by atoms with van der Waals surface area (Å²) in [5.74, 6) is 0.0170. The van der Waals surface area contributed by atoms with Crippen LogP contribution in [0.5, 0.6) is 0 Å². The number of hydrogen-bond donors (Lipinski definition) is 2. The van der Waals surface area contributed by atoms with E-state index < -0.39 is 17.8 Å². The van der Waals surface area contributed by atoms with Gasteiger partial charge >= 0.3 is 6.18 Å². The van der Waals surface area contributed by atoms with Gasteiger partial charge in [-0.15, -0.1) is 0 Å². The molecule has 2 amide bonds. The van der Waals surface area contributed by atoms with Crippen LogP contribution in [0.25, 0.3) is 10.9 Å². The molecule has 10 heteroatoms.